The number of thioether (sulfide) groups is 1. The van der Waals surface area contributed by atoms with Gasteiger partial charge in [0.25, 0.3) is 0 Å². The number of nitrogens with zero attached hydrogens (tertiary/aromatic N) is 1. The molecular weight excluding hydrogens is 310 g/mol. The maximum atomic E-state index is 12.5. The third-order valence-corrected chi connectivity index (χ3v) is 5.04. The second-order valence-electron chi connectivity index (χ2n) is 5.45. The summed E-state index contributed by atoms with van der Waals surface area (Å²) < 4.78 is 0. The van der Waals surface area contributed by atoms with E-state index in [9.17, 15) is 9.59 Å². The fourth-order valence-corrected chi connectivity index (χ4v) is 4.02. The second-order valence-corrected chi connectivity index (χ2v) is 6.45. The van der Waals surface area contributed by atoms with Gasteiger partial charge in [0.1, 0.15) is 6.04 Å². The normalized spacial score (nSPS) is 22.1. The van der Waals surface area contributed by atoms with Crippen LogP contribution in [-0.4, -0.2) is 54.0 Å². The zero-order valence-electron chi connectivity index (χ0n) is 12.6. The number of likely N-dealkylation sites (N-methyl/N-ethyl adjacent to an activating group) is 1. The quantitative estimate of drug-likeness (QED) is 0.717. The monoisotopic (exact) mass is 335 g/mol. The first-order valence-corrected chi connectivity index (χ1v) is 8.76. The zero-order chi connectivity index (χ0) is 14.4. The molecule has 2 fully saturated rings. The van der Waals surface area contributed by atoms with Gasteiger partial charge in [-0.2, -0.15) is 0 Å². The molecule has 0 bridgehead atoms. The molecule has 1 atom stereocenters. The van der Waals surface area contributed by atoms with Gasteiger partial charge in [-0.15, -0.1) is 24.2 Å². The molecule has 1 aliphatic carbocycles. The van der Waals surface area contributed by atoms with Gasteiger partial charge < -0.3 is 15.5 Å². The van der Waals surface area contributed by atoms with E-state index in [4.69, 9.17) is 0 Å². The third-order valence-electron chi connectivity index (χ3n) is 4.02. The Labute approximate surface area is 137 Å². The maximum absolute atomic E-state index is 12.5. The molecule has 1 unspecified atom stereocenters. The molecule has 0 spiro atoms. The van der Waals surface area contributed by atoms with E-state index in [-0.39, 0.29) is 36.2 Å². The fraction of sp³-hybridized carbons (Fsp3) is 0.857. The molecule has 7 heteroatoms. The first kappa shape index (κ1) is 18.6. The molecule has 0 aromatic carbocycles. The van der Waals surface area contributed by atoms with Crippen molar-refractivity contribution in [1.82, 2.24) is 15.5 Å². The highest BCUT2D eigenvalue weighted by atomic mass is 35.5. The van der Waals surface area contributed by atoms with Crippen molar-refractivity contribution in [2.24, 2.45) is 5.92 Å². The number of amides is 2. The van der Waals surface area contributed by atoms with Gasteiger partial charge in [0.15, 0.2) is 0 Å². The Kier molecular flexibility index (Phi) is 8.44. The minimum atomic E-state index is -0.269. The van der Waals surface area contributed by atoms with Gasteiger partial charge in [-0.1, -0.05) is 19.8 Å². The zero-order valence-corrected chi connectivity index (χ0v) is 14.2. The Balaban J connectivity index is 0.00000220. The maximum Gasteiger partial charge on any atom is 0.243 e. The van der Waals surface area contributed by atoms with E-state index in [1.807, 2.05) is 6.92 Å². The minimum absolute atomic E-state index is 0. The van der Waals surface area contributed by atoms with Crippen LogP contribution in [0.2, 0.25) is 0 Å². The van der Waals surface area contributed by atoms with Crippen molar-refractivity contribution in [2.45, 2.75) is 38.6 Å². The fourth-order valence-electron chi connectivity index (χ4n) is 2.85. The van der Waals surface area contributed by atoms with Crippen LogP contribution < -0.4 is 10.6 Å². The van der Waals surface area contributed by atoms with E-state index in [0.29, 0.717) is 12.4 Å². The molecule has 2 rings (SSSR count). The summed E-state index contributed by atoms with van der Waals surface area (Å²) in [5.41, 5.74) is 0. The molecule has 0 aromatic heterocycles. The Morgan fingerprint density at radius 3 is 2.62 bits per heavy atom. The van der Waals surface area contributed by atoms with Crippen molar-refractivity contribution in [3.05, 3.63) is 0 Å². The summed E-state index contributed by atoms with van der Waals surface area (Å²) in [6, 6.07) is -0.269. The van der Waals surface area contributed by atoms with Crippen LogP contribution in [0.1, 0.15) is 32.6 Å². The van der Waals surface area contributed by atoms with E-state index in [2.05, 4.69) is 10.6 Å². The summed E-state index contributed by atoms with van der Waals surface area (Å²) in [5, 5.41) is 6.10. The van der Waals surface area contributed by atoms with Crippen molar-refractivity contribution in [2.75, 3.05) is 31.3 Å². The van der Waals surface area contributed by atoms with Crippen molar-refractivity contribution in [3.8, 4) is 0 Å². The number of halogens is 1. The topological polar surface area (TPSA) is 61.4 Å². The highest BCUT2D eigenvalue weighted by Crippen LogP contribution is 2.30. The van der Waals surface area contributed by atoms with Crippen LogP contribution in [0.5, 0.6) is 0 Å². The molecule has 2 aliphatic rings. The highest BCUT2D eigenvalue weighted by Gasteiger charge is 2.38. The minimum Gasteiger partial charge on any atom is -0.353 e. The lowest BCUT2D eigenvalue weighted by Gasteiger charge is -2.25. The standard InChI is InChI=1S/C14H25N3O2S.ClH/c1-2-15-7-8-16-13(18)12-9-20-10-17(12)14(19)11-5-3-4-6-11;/h11-12,15H,2-10H2,1H3,(H,16,18);1H. The molecule has 0 aromatic rings. The van der Waals surface area contributed by atoms with Crippen LogP contribution in [0, 0.1) is 5.92 Å². The third kappa shape index (κ3) is 5.04. The predicted octanol–water partition coefficient (Wildman–Crippen LogP) is 1.23. The lowest BCUT2D eigenvalue weighted by molar-refractivity contribution is -0.141. The van der Waals surface area contributed by atoms with Crippen molar-refractivity contribution in [3.63, 3.8) is 0 Å². The molecule has 1 heterocycles. The van der Waals surface area contributed by atoms with Crippen molar-refractivity contribution >= 4 is 36.0 Å². The van der Waals surface area contributed by atoms with Gasteiger partial charge in [0, 0.05) is 24.8 Å². The molecule has 21 heavy (non-hydrogen) atoms. The van der Waals surface area contributed by atoms with E-state index in [1.54, 1.807) is 16.7 Å². The average molecular weight is 336 g/mol. The molecule has 5 nitrogen and oxygen atoms in total. The Bertz CT molecular complexity index is 351. The van der Waals surface area contributed by atoms with Gasteiger partial charge in [-0.3, -0.25) is 9.59 Å². The molecule has 2 N–H and O–H groups in total. The van der Waals surface area contributed by atoms with Crippen LogP contribution in [-0.2, 0) is 9.59 Å². The lowest BCUT2D eigenvalue weighted by atomic mass is 10.1. The number of hydrogen-bond donors (Lipinski definition) is 2. The Morgan fingerprint density at radius 2 is 1.95 bits per heavy atom. The van der Waals surface area contributed by atoms with Crippen LogP contribution in [0.4, 0.5) is 0 Å². The van der Waals surface area contributed by atoms with Crippen molar-refractivity contribution in [1.29, 1.82) is 0 Å². The Morgan fingerprint density at radius 1 is 1.24 bits per heavy atom. The van der Waals surface area contributed by atoms with Crippen LogP contribution in [0.25, 0.3) is 0 Å². The summed E-state index contributed by atoms with van der Waals surface area (Å²) >= 11 is 1.68. The van der Waals surface area contributed by atoms with E-state index >= 15 is 0 Å². The first-order chi connectivity index (χ1) is 9.74. The number of carbonyl (C=O) groups is 2. The average Bonchev–Trinajstić information content (AvgIpc) is 3.12. The van der Waals surface area contributed by atoms with E-state index in [0.717, 1.165) is 44.5 Å². The summed E-state index contributed by atoms with van der Waals surface area (Å²) in [6.45, 7) is 4.34. The predicted molar refractivity (Wildman–Crippen MR) is 88.7 cm³/mol. The van der Waals surface area contributed by atoms with Gasteiger partial charge in [-0.25, -0.2) is 0 Å². The molecular formula is C14H26ClN3O2S. The van der Waals surface area contributed by atoms with Crippen LogP contribution >= 0.6 is 24.2 Å². The Hall–Kier alpha value is -0.460. The lowest BCUT2D eigenvalue weighted by Crippen LogP contribution is -2.49. The molecule has 2 amide bonds. The van der Waals surface area contributed by atoms with Gasteiger partial charge in [0.05, 0.1) is 5.88 Å². The summed E-state index contributed by atoms with van der Waals surface area (Å²) in [7, 11) is 0. The molecule has 122 valence electrons. The summed E-state index contributed by atoms with van der Waals surface area (Å²) in [6.07, 6.45) is 4.29. The van der Waals surface area contributed by atoms with E-state index in [1.165, 1.54) is 0 Å². The SMILES string of the molecule is CCNCCNC(=O)C1CSCN1C(=O)C1CCCC1.Cl. The number of nitrogens with one attached hydrogen (secondary N) is 2. The van der Waals surface area contributed by atoms with Crippen molar-refractivity contribution < 1.29 is 9.59 Å². The number of carbonyl (C=O) groups excluding carboxylic acids is 2. The first-order valence-electron chi connectivity index (χ1n) is 7.60. The van der Waals surface area contributed by atoms with Crippen LogP contribution in [0.3, 0.4) is 0 Å². The van der Waals surface area contributed by atoms with Gasteiger partial charge >= 0.3 is 0 Å². The van der Waals surface area contributed by atoms with Crippen LogP contribution in [0.15, 0.2) is 0 Å². The largest absolute Gasteiger partial charge is 0.353 e. The molecule has 0 radical (unpaired) electrons. The van der Waals surface area contributed by atoms with Gasteiger partial charge in [-0.05, 0) is 19.4 Å². The highest BCUT2D eigenvalue weighted by molar-refractivity contribution is 7.99. The van der Waals surface area contributed by atoms with E-state index < -0.39 is 0 Å². The molecule has 1 saturated carbocycles. The smallest absolute Gasteiger partial charge is 0.243 e. The molecule has 1 aliphatic heterocycles. The molecule has 1 saturated heterocycles. The summed E-state index contributed by atoms with van der Waals surface area (Å²) in [4.78, 5) is 26.4. The number of rotatable bonds is 6. The number of hydrogen-bond acceptors (Lipinski definition) is 4. The second kappa shape index (κ2) is 9.54. The summed E-state index contributed by atoms with van der Waals surface area (Å²) in [5.74, 6) is 1.75. The van der Waals surface area contributed by atoms with Gasteiger partial charge in [0.2, 0.25) is 11.8 Å².